The van der Waals surface area contributed by atoms with Crippen LogP contribution in [0.5, 0.6) is 0 Å². The summed E-state index contributed by atoms with van der Waals surface area (Å²) in [5, 5.41) is 17.7. The fraction of sp³-hybridized carbons (Fsp3) is 0.750. The minimum atomic E-state index is -0.837. The van der Waals surface area contributed by atoms with Crippen molar-refractivity contribution in [3.8, 4) is 0 Å². The molecule has 0 amide bonds. The molecule has 1 rings (SSSR count). The Morgan fingerprint density at radius 1 is 1.47 bits per heavy atom. The number of hydrogen-bond acceptors (Lipinski definition) is 5. The molecule has 0 spiro atoms. The number of carbonyl (C=O) groups is 1. The summed E-state index contributed by atoms with van der Waals surface area (Å²) in [6.07, 6.45) is 0. The Labute approximate surface area is 118 Å². The van der Waals surface area contributed by atoms with Crippen molar-refractivity contribution in [2.45, 2.75) is 38.4 Å². The molecule has 6 nitrogen and oxygen atoms in total. The standard InChI is InChI=1S/C12H22N4O2S/c1-5-15(4)6-7-16-11(9(2)3)13-14-12(16)19-8-10(17)18/h9H,5-8H2,1-4H3,(H,17,18). The van der Waals surface area contributed by atoms with Crippen molar-refractivity contribution in [1.29, 1.82) is 0 Å². The predicted molar refractivity (Wildman–Crippen MR) is 75.6 cm³/mol. The summed E-state index contributed by atoms with van der Waals surface area (Å²) < 4.78 is 2.03. The van der Waals surface area contributed by atoms with E-state index in [9.17, 15) is 4.79 Å². The molecule has 0 aliphatic carbocycles. The Kier molecular flexibility index (Phi) is 6.30. The number of aromatic nitrogens is 3. The number of rotatable bonds is 8. The summed E-state index contributed by atoms with van der Waals surface area (Å²) in [6.45, 7) is 8.90. The quantitative estimate of drug-likeness (QED) is 0.731. The third kappa shape index (κ3) is 4.83. The van der Waals surface area contributed by atoms with Gasteiger partial charge in [-0.25, -0.2) is 0 Å². The summed E-state index contributed by atoms with van der Waals surface area (Å²) >= 11 is 1.22. The third-order valence-corrected chi connectivity index (χ3v) is 3.78. The number of nitrogens with zero attached hydrogens (tertiary/aromatic N) is 4. The van der Waals surface area contributed by atoms with Crippen molar-refractivity contribution >= 4 is 17.7 Å². The average Bonchev–Trinajstić information content (AvgIpc) is 2.76. The van der Waals surface area contributed by atoms with Crippen LogP contribution in [-0.2, 0) is 11.3 Å². The first-order valence-corrected chi connectivity index (χ1v) is 7.40. The van der Waals surface area contributed by atoms with Gasteiger partial charge in [0.15, 0.2) is 5.16 Å². The van der Waals surface area contributed by atoms with E-state index in [0.717, 1.165) is 25.5 Å². The summed E-state index contributed by atoms with van der Waals surface area (Å²) in [5.41, 5.74) is 0. The van der Waals surface area contributed by atoms with Crippen molar-refractivity contribution in [3.63, 3.8) is 0 Å². The molecule has 0 radical (unpaired) electrons. The summed E-state index contributed by atoms with van der Waals surface area (Å²) in [6, 6.07) is 0. The number of aliphatic carboxylic acids is 1. The number of thioether (sulfide) groups is 1. The van der Waals surface area contributed by atoms with Crippen LogP contribution in [0.25, 0.3) is 0 Å². The highest BCUT2D eigenvalue weighted by Crippen LogP contribution is 2.21. The first-order valence-electron chi connectivity index (χ1n) is 6.41. The van der Waals surface area contributed by atoms with Crippen molar-refractivity contribution in [3.05, 3.63) is 5.82 Å². The molecule has 1 N–H and O–H groups in total. The molecular weight excluding hydrogens is 264 g/mol. The zero-order valence-corrected chi connectivity index (χ0v) is 12.8. The molecule has 0 unspecified atom stereocenters. The lowest BCUT2D eigenvalue weighted by molar-refractivity contribution is -0.133. The average molecular weight is 286 g/mol. The van der Waals surface area contributed by atoms with Crippen LogP contribution in [0.3, 0.4) is 0 Å². The number of carboxylic acid groups (broad SMARTS) is 1. The van der Waals surface area contributed by atoms with E-state index in [1.165, 1.54) is 11.8 Å². The van der Waals surface area contributed by atoms with Crippen molar-refractivity contribution in [2.75, 3.05) is 25.9 Å². The van der Waals surface area contributed by atoms with Crippen LogP contribution in [0.2, 0.25) is 0 Å². The molecule has 0 atom stereocenters. The molecule has 1 aromatic heterocycles. The highest BCUT2D eigenvalue weighted by molar-refractivity contribution is 7.99. The molecule has 108 valence electrons. The Hall–Kier alpha value is -1.08. The highest BCUT2D eigenvalue weighted by Gasteiger charge is 2.16. The van der Waals surface area contributed by atoms with Gasteiger partial charge in [0.1, 0.15) is 5.82 Å². The topological polar surface area (TPSA) is 71.2 Å². The van der Waals surface area contributed by atoms with Crippen LogP contribution in [0, 0.1) is 0 Å². The van der Waals surface area contributed by atoms with Crippen molar-refractivity contribution in [2.24, 2.45) is 0 Å². The van der Waals surface area contributed by atoms with Gasteiger partial charge in [0, 0.05) is 19.0 Å². The van der Waals surface area contributed by atoms with Crippen molar-refractivity contribution in [1.82, 2.24) is 19.7 Å². The second-order valence-corrected chi connectivity index (χ2v) is 5.67. The second-order valence-electron chi connectivity index (χ2n) is 4.73. The van der Waals surface area contributed by atoms with E-state index in [2.05, 4.69) is 42.9 Å². The van der Waals surface area contributed by atoms with Gasteiger partial charge in [-0.2, -0.15) is 0 Å². The summed E-state index contributed by atoms with van der Waals surface area (Å²) in [7, 11) is 2.06. The number of carboxylic acids is 1. The van der Waals surface area contributed by atoms with Crippen LogP contribution < -0.4 is 0 Å². The molecule has 0 saturated heterocycles. The number of likely N-dealkylation sites (N-methyl/N-ethyl adjacent to an activating group) is 1. The van der Waals surface area contributed by atoms with Gasteiger partial charge in [-0.1, -0.05) is 32.5 Å². The maximum Gasteiger partial charge on any atom is 0.313 e. The van der Waals surface area contributed by atoms with Crippen LogP contribution in [0.4, 0.5) is 0 Å². The van der Waals surface area contributed by atoms with E-state index in [1.54, 1.807) is 0 Å². The first kappa shape index (κ1) is 16.0. The van der Waals surface area contributed by atoms with E-state index in [1.807, 2.05) is 4.57 Å². The summed E-state index contributed by atoms with van der Waals surface area (Å²) in [5.74, 6) is 0.368. The van der Waals surface area contributed by atoms with E-state index in [0.29, 0.717) is 5.16 Å². The molecule has 1 heterocycles. The Morgan fingerprint density at radius 3 is 2.68 bits per heavy atom. The lowest BCUT2D eigenvalue weighted by Gasteiger charge is -2.17. The predicted octanol–water partition coefficient (Wildman–Crippen LogP) is 1.53. The number of hydrogen-bond donors (Lipinski definition) is 1. The molecular formula is C12H22N4O2S. The maximum atomic E-state index is 10.7. The van der Waals surface area contributed by atoms with Crippen LogP contribution in [0.15, 0.2) is 5.16 Å². The molecule has 7 heteroatoms. The molecule has 0 saturated carbocycles. The Morgan fingerprint density at radius 2 is 2.16 bits per heavy atom. The molecule has 19 heavy (non-hydrogen) atoms. The fourth-order valence-corrected chi connectivity index (χ4v) is 2.29. The van der Waals surface area contributed by atoms with Crippen LogP contribution >= 0.6 is 11.8 Å². The summed E-state index contributed by atoms with van der Waals surface area (Å²) in [4.78, 5) is 12.9. The van der Waals surface area contributed by atoms with Crippen molar-refractivity contribution < 1.29 is 9.90 Å². The lowest BCUT2D eigenvalue weighted by Crippen LogP contribution is -2.24. The van der Waals surface area contributed by atoms with E-state index >= 15 is 0 Å². The SMILES string of the molecule is CCN(C)CCn1c(SCC(=O)O)nnc1C(C)C. The minimum absolute atomic E-state index is 0.0137. The maximum absolute atomic E-state index is 10.7. The second kappa shape index (κ2) is 7.49. The van der Waals surface area contributed by atoms with Gasteiger partial charge in [-0.3, -0.25) is 4.79 Å². The molecule has 1 aromatic rings. The molecule has 0 aliphatic heterocycles. The first-order chi connectivity index (χ1) is 8.95. The molecule has 0 aromatic carbocycles. The zero-order valence-electron chi connectivity index (χ0n) is 12.0. The van der Waals surface area contributed by atoms with E-state index in [4.69, 9.17) is 5.11 Å². The Bertz CT molecular complexity index is 420. The normalized spacial score (nSPS) is 11.5. The highest BCUT2D eigenvalue weighted by atomic mass is 32.2. The smallest absolute Gasteiger partial charge is 0.313 e. The van der Waals surface area contributed by atoms with Gasteiger partial charge in [-0.15, -0.1) is 10.2 Å². The van der Waals surface area contributed by atoms with E-state index in [-0.39, 0.29) is 11.7 Å². The fourth-order valence-electron chi connectivity index (χ4n) is 1.60. The van der Waals surface area contributed by atoms with E-state index < -0.39 is 5.97 Å². The molecule has 0 aliphatic rings. The third-order valence-electron chi connectivity index (χ3n) is 2.83. The van der Waals surface area contributed by atoms with Gasteiger partial charge in [0.2, 0.25) is 0 Å². The van der Waals surface area contributed by atoms with Gasteiger partial charge in [0.05, 0.1) is 5.75 Å². The van der Waals surface area contributed by atoms with Gasteiger partial charge in [0.25, 0.3) is 0 Å². The van der Waals surface area contributed by atoms with Gasteiger partial charge < -0.3 is 14.6 Å². The monoisotopic (exact) mass is 286 g/mol. The lowest BCUT2D eigenvalue weighted by atomic mass is 10.2. The van der Waals surface area contributed by atoms with Gasteiger partial charge in [-0.05, 0) is 13.6 Å². The van der Waals surface area contributed by atoms with Crippen LogP contribution in [0.1, 0.15) is 32.5 Å². The molecule has 0 fully saturated rings. The minimum Gasteiger partial charge on any atom is -0.481 e. The largest absolute Gasteiger partial charge is 0.481 e. The Balaban J connectivity index is 2.82. The van der Waals surface area contributed by atoms with Gasteiger partial charge >= 0.3 is 5.97 Å². The molecule has 0 bridgehead atoms. The zero-order chi connectivity index (χ0) is 14.4. The van der Waals surface area contributed by atoms with Crippen LogP contribution in [-0.4, -0.2) is 56.6 Å².